The van der Waals surface area contributed by atoms with Gasteiger partial charge in [-0.25, -0.2) is 9.97 Å². The number of halogens is 1. The zero-order valence-corrected chi connectivity index (χ0v) is 18.2. The average molecular weight is 437 g/mol. The number of hydrogen-bond donors (Lipinski definition) is 1. The second-order valence-electron chi connectivity index (χ2n) is 7.69. The molecule has 0 saturated carbocycles. The standard InChI is InChI=1S/C24H25ClN4O2/c1-17-8-10-20(11-9-17)31-24-22(26-12-13-27-24)29-14-4-6-19(16-29)23(30)28-15-18-5-2-3-7-21(18)25/h2-3,5,7-13,19H,4,6,14-16H2,1H3,(H,28,30)/t19-/m0/s1. The lowest BCUT2D eigenvalue weighted by Crippen LogP contribution is -2.43. The van der Waals surface area contributed by atoms with E-state index in [2.05, 4.69) is 20.2 Å². The van der Waals surface area contributed by atoms with Crippen LogP contribution in [0.1, 0.15) is 24.0 Å². The van der Waals surface area contributed by atoms with Crippen LogP contribution in [0.15, 0.2) is 60.9 Å². The van der Waals surface area contributed by atoms with Crippen LogP contribution in [0.5, 0.6) is 11.6 Å². The first-order chi connectivity index (χ1) is 15.1. The molecule has 0 aliphatic carbocycles. The Morgan fingerprint density at radius 1 is 1.16 bits per heavy atom. The number of aryl methyl sites for hydroxylation is 1. The maximum atomic E-state index is 12.8. The molecule has 1 aromatic heterocycles. The number of aromatic nitrogens is 2. The maximum absolute atomic E-state index is 12.8. The normalized spacial score (nSPS) is 16.1. The fraction of sp³-hybridized carbons (Fsp3) is 0.292. The molecule has 0 spiro atoms. The van der Waals surface area contributed by atoms with Crippen molar-refractivity contribution in [3.8, 4) is 11.6 Å². The Balaban J connectivity index is 1.43. The average Bonchev–Trinajstić information content (AvgIpc) is 2.80. The summed E-state index contributed by atoms with van der Waals surface area (Å²) in [5.74, 6) is 1.70. The molecule has 2 aromatic carbocycles. The van der Waals surface area contributed by atoms with E-state index in [-0.39, 0.29) is 11.8 Å². The molecule has 6 nitrogen and oxygen atoms in total. The molecule has 7 heteroatoms. The first-order valence-corrected chi connectivity index (χ1v) is 10.8. The van der Waals surface area contributed by atoms with Crippen LogP contribution in [-0.2, 0) is 11.3 Å². The van der Waals surface area contributed by atoms with Crippen molar-refractivity contribution in [2.75, 3.05) is 18.0 Å². The van der Waals surface area contributed by atoms with Gasteiger partial charge in [0.1, 0.15) is 5.75 Å². The van der Waals surface area contributed by atoms with Gasteiger partial charge in [0.05, 0.1) is 5.92 Å². The summed E-state index contributed by atoms with van der Waals surface area (Å²) in [6, 6.07) is 15.4. The van der Waals surface area contributed by atoms with Gasteiger partial charge in [-0.05, 0) is 43.5 Å². The Morgan fingerprint density at radius 2 is 1.94 bits per heavy atom. The first-order valence-electron chi connectivity index (χ1n) is 10.4. The summed E-state index contributed by atoms with van der Waals surface area (Å²) in [4.78, 5) is 23.8. The maximum Gasteiger partial charge on any atom is 0.263 e. The summed E-state index contributed by atoms with van der Waals surface area (Å²) < 4.78 is 6.00. The summed E-state index contributed by atoms with van der Waals surface area (Å²) in [5, 5.41) is 3.68. The molecule has 1 amide bonds. The molecule has 0 radical (unpaired) electrons. The van der Waals surface area contributed by atoms with Crippen molar-refractivity contribution in [2.24, 2.45) is 5.92 Å². The van der Waals surface area contributed by atoms with Crippen molar-refractivity contribution in [1.82, 2.24) is 15.3 Å². The molecule has 1 fully saturated rings. The Kier molecular flexibility index (Phi) is 6.67. The number of rotatable bonds is 6. The lowest BCUT2D eigenvalue weighted by Gasteiger charge is -2.33. The van der Waals surface area contributed by atoms with Crippen molar-refractivity contribution in [3.63, 3.8) is 0 Å². The van der Waals surface area contributed by atoms with Crippen molar-refractivity contribution in [2.45, 2.75) is 26.3 Å². The van der Waals surface area contributed by atoms with Gasteiger partial charge in [0.2, 0.25) is 5.91 Å². The summed E-state index contributed by atoms with van der Waals surface area (Å²) in [6.07, 6.45) is 4.99. The van der Waals surface area contributed by atoms with E-state index in [9.17, 15) is 4.79 Å². The molecule has 1 saturated heterocycles. The molecular weight excluding hydrogens is 412 g/mol. The summed E-state index contributed by atoms with van der Waals surface area (Å²) in [5.41, 5.74) is 2.07. The number of carbonyl (C=O) groups is 1. The van der Waals surface area contributed by atoms with Gasteiger partial charge in [-0.2, -0.15) is 0 Å². The highest BCUT2D eigenvalue weighted by Crippen LogP contribution is 2.31. The molecular formula is C24H25ClN4O2. The number of amides is 1. The van der Waals surface area contributed by atoms with E-state index in [0.29, 0.717) is 35.6 Å². The number of ether oxygens (including phenoxy) is 1. The molecule has 3 aromatic rings. The Hall–Kier alpha value is -3.12. The molecule has 1 aliphatic rings. The van der Waals surface area contributed by atoms with Gasteiger partial charge in [-0.1, -0.05) is 47.5 Å². The van der Waals surface area contributed by atoms with Crippen LogP contribution >= 0.6 is 11.6 Å². The Labute approximate surface area is 187 Å². The minimum absolute atomic E-state index is 0.0227. The van der Waals surface area contributed by atoms with Crippen LogP contribution in [0.4, 0.5) is 5.82 Å². The van der Waals surface area contributed by atoms with Crippen molar-refractivity contribution in [3.05, 3.63) is 77.1 Å². The molecule has 1 aliphatic heterocycles. The number of piperidine rings is 1. The van der Waals surface area contributed by atoms with Crippen LogP contribution < -0.4 is 15.0 Å². The third-order valence-corrected chi connectivity index (χ3v) is 5.75. The number of anilines is 1. The van der Waals surface area contributed by atoms with Crippen LogP contribution in [0.25, 0.3) is 0 Å². The Morgan fingerprint density at radius 3 is 2.74 bits per heavy atom. The molecule has 31 heavy (non-hydrogen) atoms. The molecule has 0 bridgehead atoms. The predicted molar refractivity (Wildman–Crippen MR) is 122 cm³/mol. The lowest BCUT2D eigenvalue weighted by molar-refractivity contribution is -0.125. The minimum atomic E-state index is -0.134. The van der Waals surface area contributed by atoms with E-state index in [1.54, 1.807) is 12.4 Å². The van der Waals surface area contributed by atoms with E-state index in [0.717, 1.165) is 30.5 Å². The monoisotopic (exact) mass is 436 g/mol. The van der Waals surface area contributed by atoms with E-state index in [4.69, 9.17) is 16.3 Å². The minimum Gasteiger partial charge on any atom is -0.436 e. The summed E-state index contributed by atoms with van der Waals surface area (Å²) >= 11 is 6.20. The van der Waals surface area contributed by atoms with Gasteiger partial charge in [0, 0.05) is 37.1 Å². The van der Waals surface area contributed by atoms with Crippen LogP contribution in [0, 0.1) is 12.8 Å². The smallest absolute Gasteiger partial charge is 0.263 e. The van der Waals surface area contributed by atoms with E-state index < -0.39 is 0 Å². The van der Waals surface area contributed by atoms with Gasteiger partial charge in [-0.15, -0.1) is 0 Å². The molecule has 1 N–H and O–H groups in total. The number of nitrogens with zero attached hydrogens (tertiary/aromatic N) is 3. The van der Waals surface area contributed by atoms with E-state index >= 15 is 0 Å². The predicted octanol–water partition coefficient (Wildman–Crippen LogP) is 4.76. The van der Waals surface area contributed by atoms with Gasteiger partial charge >= 0.3 is 0 Å². The third kappa shape index (κ3) is 5.33. The fourth-order valence-electron chi connectivity index (χ4n) is 3.68. The van der Waals surface area contributed by atoms with E-state index in [1.807, 2.05) is 55.5 Å². The quantitative estimate of drug-likeness (QED) is 0.603. The van der Waals surface area contributed by atoms with Gasteiger partial charge in [-0.3, -0.25) is 4.79 Å². The summed E-state index contributed by atoms with van der Waals surface area (Å²) in [6.45, 7) is 3.82. The molecule has 160 valence electrons. The van der Waals surface area contributed by atoms with Crippen molar-refractivity contribution in [1.29, 1.82) is 0 Å². The second-order valence-corrected chi connectivity index (χ2v) is 8.10. The topological polar surface area (TPSA) is 67.4 Å². The zero-order chi connectivity index (χ0) is 21.6. The highest BCUT2D eigenvalue weighted by atomic mass is 35.5. The lowest BCUT2D eigenvalue weighted by atomic mass is 9.97. The number of benzene rings is 2. The largest absolute Gasteiger partial charge is 0.436 e. The van der Waals surface area contributed by atoms with Crippen LogP contribution in [0.3, 0.4) is 0 Å². The van der Waals surface area contributed by atoms with Gasteiger partial charge in [0.15, 0.2) is 5.82 Å². The third-order valence-electron chi connectivity index (χ3n) is 5.38. The van der Waals surface area contributed by atoms with Crippen molar-refractivity contribution >= 4 is 23.3 Å². The molecule has 1 atom stereocenters. The van der Waals surface area contributed by atoms with Gasteiger partial charge < -0.3 is 15.0 Å². The number of hydrogen-bond acceptors (Lipinski definition) is 5. The molecule has 0 unspecified atom stereocenters. The fourth-order valence-corrected chi connectivity index (χ4v) is 3.88. The highest BCUT2D eigenvalue weighted by molar-refractivity contribution is 6.31. The molecule has 2 heterocycles. The second kappa shape index (κ2) is 9.79. The number of nitrogens with one attached hydrogen (secondary N) is 1. The Bertz CT molecular complexity index is 1040. The number of carbonyl (C=O) groups excluding carboxylic acids is 1. The zero-order valence-electron chi connectivity index (χ0n) is 17.4. The highest BCUT2D eigenvalue weighted by Gasteiger charge is 2.28. The van der Waals surface area contributed by atoms with Crippen molar-refractivity contribution < 1.29 is 9.53 Å². The first kappa shape index (κ1) is 21.1. The molecule has 4 rings (SSSR count). The SMILES string of the molecule is Cc1ccc(Oc2nccnc2N2CCC[C@H](C(=O)NCc3ccccc3Cl)C2)cc1. The van der Waals surface area contributed by atoms with Crippen LogP contribution in [0.2, 0.25) is 5.02 Å². The van der Waals surface area contributed by atoms with Gasteiger partial charge in [0.25, 0.3) is 5.88 Å². The summed E-state index contributed by atoms with van der Waals surface area (Å²) in [7, 11) is 0. The van der Waals surface area contributed by atoms with Crippen LogP contribution in [-0.4, -0.2) is 29.0 Å². The van der Waals surface area contributed by atoms with E-state index in [1.165, 1.54) is 0 Å².